The summed E-state index contributed by atoms with van der Waals surface area (Å²) in [7, 11) is 0. The van der Waals surface area contributed by atoms with Crippen LogP contribution in [0.4, 0.5) is 5.69 Å². The van der Waals surface area contributed by atoms with Crippen molar-refractivity contribution < 1.29 is 14.7 Å². The number of amides is 1. The summed E-state index contributed by atoms with van der Waals surface area (Å²) in [6.07, 6.45) is 3.56. The average molecular weight is 426 g/mol. The lowest BCUT2D eigenvalue weighted by Gasteiger charge is -2.39. The number of para-hydroxylation sites is 1. The highest BCUT2D eigenvalue weighted by atomic mass is 35.5. The number of aryl methyl sites for hydroxylation is 2. The van der Waals surface area contributed by atoms with E-state index in [1.54, 1.807) is 0 Å². The first-order valence-corrected chi connectivity index (χ1v) is 10.5. The molecule has 0 radical (unpaired) electrons. The fourth-order valence-corrected chi connectivity index (χ4v) is 4.11. The van der Waals surface area contributed by atoms with E-state index < -0.39 is 5.97 Å². The van der Waals surface area contributed by atoms with Crippen LogP contribution < -0.4 is 5.32 Å². The van der Waals surface area contributed by atoms with Gasteiger partial charge in [0.25, 0.3) is 0 Å². The fourth-order valence-electron chi connectivity index (χ4n) is 4.11. The van der Waals surface area contributed by atoms with Crippen molar-refractivity contribution in [2.75, 3.05) is 31.5 Å². The van der Waals surface area contributed by atoms with Gasteiger partial charge in [-0.1, -0.05) is 39.0 Å². The second-order valence-electron chi connectivity index (χ2n) is 7.55. The van der Waals surface area contributed by atoms with Crippen LogP contribution in [0.1, 0.15) is 51.7 Å². The molecule has 1 aromatic rings. The molecule has 1 aliphatic rings. The van der Waals surface area contributed by atoms with Crippen molar-refractivity contribution in [1.29, 1.82) is 0 Å². The molecule has 2 rings (SSSR count). The molecule has 164 valence electrons. The van der Waals surface area contributed by atoms with Crippen molar-refractivity contribution in [3.05, 3.63) is 29.3 Å². The third-order valence-electron chi connectivity index (χ3n) is 5.93. The lowest BCUT2D eigenvalue weighted by atomic mass is 10.0. The molecule has 1 aliphatic heterocycles. The Morgan fingerprint density at radius 1 is 1.17 bits per heavy atom. The Bertz CT molecular complexity index is 653. The summed E-state index contributed by atoms with van der Waals surface area (Å²) >= 11 is 0. The summed E-state index contributed by atoms with van der Waals surface area (Å²) in [6, 6.07) is 6.28. The first-order chi connectivity index (χ1) is 13.4. The van der Waals surface area contributed by atoms with Gasteiger partial charge in [-0.05, 0) is 50.3 Å². The molecule has 1 unspecified atom stereocenters. The van der Waals surface area contributed by atoms with Crippen LogP contribution in [0, 0.1) is 0 Å². The number of carbonyl (C=O) groups excluding carboxylic acids is 1. The molecule has 0 aliphatic carbocycles. The van der Waals surface area contributed by atoms with Gasteiger partial charge in [-0.2, -0.15) is 0 Å². The van der Waals surface area contributed by atoms with Crippen molar-refractivity contribution in [2.45, 2.75) is 65.5 Å². The van der Waals surface area contributed by atoms with Crippen LogP contribution in [0.5, 0.6) is 0 Å². The minimum atomic E-state index is -0.779. The monoisotopic (exact) mass is 425 g/mol. The number of halogens is 1. The van der Waals surface area contributed by atoms with E-state index in [4.69, 9.17) is 5.11 Å². The van der Waals surface area contributed by atoms with Gasteiger partial charge >= 0.3 is 5.97 Å². The Hall–Kier alpha value is -1.63. The predicted molar refractivity (Wildman–Crippen MR) is 120 cm³/mol. The maximum absolute atomic E-state index is 12.9. The lowest BCUT2D eigenvalue weighted by molar-refractivity contribution is -0.139. The second-order valence-corrected chi connectivity index (χ2v) is 7.55. The molecular weight excluding hydrogens is 390 g/mol. The van der Waals surface area contributed by atoms with Crippen LogP contribution in [-0.2, 0) is 22.4 Å². The number of piperidine rings is 1. The fraction of sp³-hybridized carbons (Fsp3) is 0.636. The summed E-state index contributed by atoms with van der Waals surface area (Å²) in [6.45, 7) is 10.6. The number of nitrogens with zero attached hydrogens (tertiary/aromatic N) is 2. The van der Waals surface area contributed by atoms with Crippen molar-refractivity contribution in [3.63, 3.8) is 0 Å². The first kappa shape index (κ1) is 25.4. The largest absolute Gasteiger partial charge is 0.480 e. The van der Waals surface area contributed by atoms with E-state index in [-0.39, 0.29) is 36.9 Å². The number of hydrogen-bond acceptors (Lipinski definition) is 4. The van der Waals surface area contributed by atoms with Crippen molar-refractivity contribution in [2.24, 2.45) is 0 Å². The predicted octanol–water partition coefficient (Wildman–Crippen LogP) is 3.43. The van der Waals surface area contributed by atoms with Gasteiger partial charge in [-0.3, -0.25) is 19.4 Å². The Labute approximate surface area is 181 Å². The highest BCUT2D eigenvalue weighted by molar-refractivity contribution is 5.96. The minimum absolute atomic E-state index is 0. The van der Waals surface area contributed by atoms with Crippen LogP contribution in [-0.4, -0.2) is 65.0 Å². The summed E-state index contributed by atoms with van der Waals surface area (Å²) < 4.78 is 0. The number of benzene rings is 1. The van der Waals surface area contributed by atoms with E-state index >= 15 is 0 Å². The van der Waals surface area contributed by atoms with E-state index in [1.165, 1.54) is 11.1 Å². The van der Waals surface area contributed by atoms with E-state index in [1.807, 2.05) is 18.7 Å². The molecule has 0 aromatic heterocycles. The standard InChI is InChI=1S/C22H35N3O3.ClH/c1-5-17-9-8-10-18(6-2)21(17)23-22(28)16(4)25-13-11-19(12-14-25)24(7-3)15-20(26)27;/h8-10,16,19H,5-7,11-15H2,1-4H3,(H,23,28)(H,26,27);1H. The van der Waals surface area contributed by atoms with E-state index in [2.05, 4.69) is 42.3 Å². The van der Waals surface area contributed by atoms with Crippen LogP contribution in [0.2, 0.25) is 0 Å². The Morgan fingerprint density at radius 2 is 1.72 bits per heavy atom. The van der Waals surface area contributed by atoms with Crippen LogP contribution in [0.25, 0.3) is 0 Å². The Balaban J connectivity index is 0.00000420. The molecule has 1 aromatic carbocycles. The van der Waals surface area contributed by atoms with Crippen LogP contribution in [0.15, 0.2) is 18.2 Å². The summed E-state index contributed by atoms with van der Waals surface area (Å²) in [5.74, 6) is -0.745. The molecule has 2 N–H and O–H groups in total. The number of rotatable bonds is 9. The molecule has 0 spiro atoms. The van der Waals surface area contributed by atoms with Gasteiger partial charge in [0.15, 0.2) is 0 Å². The topological polar surface area (TPSA) is 72.9 Å². The van der Waals surface area contributed by atoms with Crippen LogP contribution >= 0.6 is 12.4 Å². The molecule has 0 saturated carbocycles. The minimum Gasteiger partial charge on any atom is -0.480 e. The first-order valence-electron chi connectivity index (χ1n) is 10.5. The zero-order chi connectivity index (χ0) is 20.7. The number of nitrogens with one attached hydrogen (secondary N) is 1. The SMILES string of the molecule is CCc1cccc(CC)c1NC(=O)C(C)N1CCC(N(CC)CC(=O)O)CC1.Cl. The molecule has 7 heteroatoms. The second kappa shape index (κ2) is 12.2. The van der Waals surface area contributed by atoms with Gasteiger partial charge in [-0.25, -0.2) is 0 Å². The van der Waals surface area contributed by atoms with Gasteiger partial charge in [0.05, 0.1) is 12.6 Å². The number of hydrogen-bond donors (Lipinski definition) is 2. The average Bonchev–Trinajstić information content (AvgIpc) is 2.71. The summed E-state index contributed by atoms with van der Waals surface area (Å²) in [5, 5.41) is 12.3. The maximum atomic E-state index is 12.9. The Kier molecular flexibility index (Phi) is 10.6. The number of aliphatic carboxylic acids is 1. The van der Waals surface area contributed by atoms with Crippen LogP contribution in [0.3, 0.4) is 0 Å². The van der Waals surface area contributed by atoms with E-state index in [0.717, 1.165) is 51.0 Å². The molecular formula is C22H36ClN3O3. The third kappa shape index (κ3) is 6.69. The zero-order valence-corrected chi connectivity index (χ0v) is 18.9. The maximum Gasteiger partial charge on any atom is 0.317 e. The molecule has 1 amide bonds. The molecule has 1 saturated heterocycles. The van der Waals surface area contributed by atoms with E-state index in [0.29, 0.717) is 0 Å². The summed E-state index contributed by atoms with van der Waals surface area (Å²) in [4.78, 5) is 28.2. The molecule has 1 heterocycles. The molecule has 29 heavy (non-hydrogen) atoms. The molecule has 6 nitrogen and oxygen atoms in total. The normalized spacial score (nSPS) is 16.3. The van der Waals surface area contributed by atoms with Gasteiger partial charge < -0.3 is 10.4 Å². The van der Waals surface area contributed by atoms with Gasteiger partial charge in [0.2, 0.25) is 5.91 Å². The number of anilines is 1. The van der Waals surface area contributed by atoms with Gasteiger partial charge in [0, 0.05) is 24.8 Å². The molecule has 1 fully saturated rings. The summed E-state index contributed by atoms with van der Waals surface area (Å²) in [5.41, 5.74) is 3.31. The smallest absolute Gasteiger partial charge is 0.317 e. The highest BCUT2D eigenvalue weighted by Gasteiger charge is 2.30. The van der Waals surface area contributed by atoms with Gasteiger partial charge in [0.1, 0.15) is 0 Å². The Morgan fingerprint density at radius 3 is 2.17 bits per heavy atom. The van der Waals surface area contributed by atoms with Crippen molar-refractivity contribution in [1.82, 2.24) is 9.80 Å². The van der Waals surface area contributed by atoms with Crippen molar-refractivity contribution in [3.8, 4) is 0 Å². The molecule has 1 atom stereocenters. The van der Waals surface area contributed by atoms with Crippen molar-refractivity contribution >= 4 is 30.0 Å². The third-order valence-corrected chi connectivity index (χ3v) is 5.93. The molecule has 0 bridgehead atoms. The van der Waals surface area contributed by atoms with E-state index in [9.17, 15) is 9.59 Å². The highest BCUT2D eigenvalue weighted by Crippen LogP contribution is 2.24. The quantitative estimate of drug-likeness (QED) is 0.634. The number of carboxylic acids is 1. The lowest BCUT2D eigenvalue weighted by Crippen LogP contribution is -2.51. The number of carbonyl (C=O) groups is 2. The van der Waals surface area contributed by atoms with Gasteiger partial charge in [-0.15, -0.1) is 12.4 Å². The number of likely N-dealkylation sites (tertiary alicyclic amines) is 1. The zero-order valence-electron chi connectivity index (χ0n) is 18.1. The number of carboxylic acid groups (broad SMARTS) is 1. The number of likely N-dealkylation sites (N-methyl/N-ethyl adjacent to an activating group) is 1.